The highest BCUT2D eigenvalue weighted by Crippen LogP contribution is 2.38. The Bertz CT molecular complexity index is 1780. The summed E-state index contributed by atoms with van der Waals surface area (Å²) in [5.74, 6) is 0.592. The maximum atomic E-state index is 13.5. The van der Waals surface area contributed by atoms with Crippen molar-refractivity contribution in [3.05, 3.63) is 89.0 Å². The lowest BCUT2D eigenvalue weighted by Gasteiger charge is -2.35. The lowest BCUT2D eigenvalue weighted by molar-refractivity contribution is -0.141. The van der Waals surface area contributed by atoms with E-state index in [-0.39, 0.29) is 24.8 Å². The lowest BCUT2D eigenvalue weighted by atomic mass is 10.0. The summed E-state index contributed by atoms with van der Waals surface area (Å²) < 4.78 is 20.3. The number of aliphatic hydroxyl groups is 1. The molecule has 5 aromatic rings. The van der Waals surface area contributed by atoms with Crippen LogP contribution in [-0.2, 0) is 17.8 Å². The molecule has 1 unspecified atom stereocenters. The Kier molecular flexibility index (Phi) is 8.71. The van der Waals surface area contributed by atoms with Crippen molar-refractivity contribution in [2.45, 2.75) is 26.1 Å². The van der Waals surface area contributed by atoms with Gasteiger partial charge in [0.05, 0.1) is 10.4 Å². The summed E-state index contributed by atoms with van der Waals surface area (Å²) in [6.07, 6.45) is 0.683. The highest BCUT2D eigenvalue weighted by Gasteiger charge is 2.26. The van der Waals surface area contributed by atoms with Gasteiger partial charge in [0.1, 0.15) is 41.3 Å². The Balaban J connectivity index is 1.16. The van der Waals surface area contributed by atoms with E-state index in [0.29, 0.717) is 35.2 Å². The second-order valence-electron chi connectivity index (χ2n) is 10.5. The van der Waals surface area contributed by atoms with Crippen LogP contribution in [0.2, 0.25) is 5.02 Å². The number of ether oxygens (including phenoxy) is 1. The number of halogens is 2. The Morgan fingerprint density at radius 1 is 1.09 bits per heavy atom. The van der Waals surface area contributed by atoms with E-state index in [2.05, 4.69) is 27.1 Å². The second kappa shape index (κ2) is 12.8. The van der Waals surface area contributed by atoms with Gasteiger partial charge in [-0.15, -0.1) is 11.3 Å². The molecule has 1 fully saturated rings. The summed E-state index contributed by atoms with van der Waals surface area (Å²) in [5.41, 5.74) is 2.32. The average molecular weight is 620 g/mol. The number of nitrogens with one attached hydrogen (secondary N) is 1. The van der Waals surface area contributed by atoms with Crippen molar-refractivity contribution in [1.29, 1.82) is 0 Å². The number of fused-ring (bicyclic) bond motifs is 3. The summed E-state index contributed by atoms with van der Waals surface area (Å²) in [7, 11) is 0. The van der Waals surface area contributed by atoms with Crippen molar-refractivity contribution in [3.63, 3.8) is 0 Å². The largest absolute Gasteiger partial charge is 0.487 e. The normalized spacial score (nSPS) is 14.7. The zero-order valence-corrected chi connectivity index (χ0v) is 25.2. The number of likely N-dealkylation sites (N-methyl/N-ethyl adjacent to an activating group) is 1. The maximum absolute atomic E-state index is 13.5. The Morgan fingerprint density at radius 2 is 1.93 bits per heavy atom. The van der Waals surface area contributed by atoms with Crippen LogP contribution in [-0.4, -0.2) is 69.6 Å². The van der Waals surface area contributed by atoms with Crippen LogP contribution in [0.25, 0.3) is 20.3 Å². The van der Waals surface area contributed by atoms with Gasteiger partial charge in [-0.05, 0) is 54.1 Å². The molecule has 6 rings (SSSR count). The molecule has 2 aromatic heterocycles. The number of nitrogens with zero attached hydrogens (tertiary/aromatic N) is 4. The molecule has 0 aliphatic carbocycles. The van der Waals surface area contributed by atoms with E-state index < -0.39 is 6.10 Å². The predicted molar refractivity (Wildman–Crippen MR) is 169 cm³/mol. The third-order valence-corrected chi connectivity index (χ3v) is 9.01. The van der Waals surface area contributed by atoms with Crippen molar-refractivity contribution in [3.8, 4) is 5.75 Å². The molecule has 1 amide bonds. The number of aliphatic hydroxyl groups excluding tert-OH is 1. The average Bonchev–Trinajstić information content (AvgIpc) is 3.39. The molecular formula is C32H31ClFN5O3S. The molecule has 1 aliphatic rings. The molecule has 222 valence electrons. The summed E-state index contributed by atoms with van der Waals surface area (Å²) in [6.45, 7) is 6.23. The van der Waals surface area contributed by atoms with Crippen LogP contribution in [0.1, 0.15) is 18.1 Å². The molecular weight excluding hydrogens is 589 g/mol. The molecule has 43 heavy (non-hydrogen) atoms. The fourth-order valence-electron chi connectivity index (χ4n) is 5.30. The molecule has 0 spiro atoms. The highest BCUT2D eigenvalue weighted by molar-refractivity contribution is 7.25. The van der Waals surface area contributed by atoms with Crippen molar-refractivity contribution < 1.29 is 19.0 Å². The first-order chi connectivity index (χ1) is 20.9. The van der Waals surface area contributed by atoms with E-state index in [1.807, 2.05) is 24.3 Å². The molecule has 2 N–H and O–H groups in total. The topological polar surface area (TPSA) is 90.8 Å². The molecule has 0 saturated carbocycles. The van der Waals surface area contributed by atoms with Gasteiger partial charge in [-0.1, -0.05) is 42.8 Å². The van der Waals surface area contributed by atoms with Crippen molar-refractivity contribution in [2.75, 3.05) is 38.0 Å². The standard InChI is InChI=1S/C32H31ClFN5O3S/c1-2-38-10-12-39(13-11-38)32(41)26(40)15-20-6-8-24-28(16-20)43-31-29(24)30(35-19-36-31)37-23-7-9-27(25(33)17-23)42-18-21-4-3-5-22(34)14-21/h3-9,14,16-17,19,26,40H,2,10-13,15,18H2,1H3,(H,35,36,37). The Hall–Kier alpha value is -3.83. The summed E-state index contributed by atoms with van der Waals surface area (Å²) in [4.78, 5) is 26.7. The number of hydrogen-bond donors (Lipinski definition) is 2. The van der Waals surface area contributed by atoms with Gasteiger partial charge in [0.2, 0.25) is 0 Å². The van der Waals surface area contributed by atoms with Gasteiger partial charge < -0.3 is 25.0 Å². The van der Waals surface area contributed by atoms with Crippen LogP contribution in [0.4, 0.5) is 15.9 Å². The van der Waals surface area contributed by atoms with Crippen molar-refractivity contribution in [1.82, 2.24) is 19.8 Å². The lowest BCUT2D eigenvalue weighted by Crippen LogP contribution is -2.51. The number of rotatable bonds is 9. The van der Waals surface area contributed by atoms with Gasteiger partial charge in [0.25, 0.3) is 5.91 Å². The quantitative estimate of drug-likeness (QED) is 0.208. The second-order valence-corrected chi connectivity index (χ2v) is 11.9. The first-order valence-corrected chi connectivity index (χ1v) is 15.4. The minimum Gasteiger partial charge on any atom is -0.487 e. The number of anilines is 2. The van der Waals surface area contributed by atoms with Gasteiger partial charge in [0.15, 0.2) is 0 Å². The molecule has 3 aromatic carbocycles. The molecule has 3 heterocycles. The van der Waals surface area contributed by atoms with Crippen LogP contribution in [0.5, 0.6) is 5.75 Å². The van der Waals surface area contributed by atoms with Gasteiger partial charge in [-0.25, -0.2) is 14.4 Å². The Morgan fingerprint density at radius 3 is 2.70 bits per heavy atom. The van der Waals surface area contributed by atoms with E-state index in [4.69, 9.17) is 16.3 Å². The number of carbonyl (C=O) groups excluding carboxylic acids is 1. The van der Waals surface area contributed by atoms with Gasteiger partial charge in [-0.2, -0.15) is 0 Å². The van der Waals surface area contributed by atoms with Crippen LogP contribution in [0, 0.1) is 5.82 Å². The zero-order valence-electron chi connectivity index (χ0n) is 23.6. The number of carbonyl (C=O) groups is 1. The minimum atomic E-state index is -1.08. The SMILES string of the molecule is CCN1CCN(C(=O)C(O)Cc2ccc3c(c2)sc2ncnc(Nc4ccc(OCc5cccc(F)c5)c(Cl)c4)c23)CC1. The van der Waals surface area contributed by atoms with E-state index in [1.54, 1.807) is 29.2 Å². The monoisotopic (exact) mass is 619 g/mol. The first kappa shape index (κ1) is 29.3. The van der Waals surface area contributed by atoms with Crippen LogP contribution in [0.3, 0.4) is 0 Å². The number of benzene rings is 3. The fraction of sp³-hybridized carbons (Fsp3) is 0.281. The summed E-state index contributed by atoms with van der Waals surface area (Å²) in [6, 6.07) is 17.5. The minimum absolute atomic E-state index is 0.195. The van der Waals surface area contributed by atoms with E-state index in [1.165, 1.54) is 29.8 Å². The van der Waals surface area contributed by atoms with Crippen LogP contribution in [0.15, 0.2) is 67.0 Å². The summed E-state index contributed by atoms with van der Waals surface area (Å²) >= 11 is 8.04. The fourth-order valence-corrected chi connectivity index (χ4v) is 6.64. The number of aromatic nitrogens is 2. The predicted octanol–water partition coefficient (Wildman–Crippen LogP) is 6.03. The van der Waals surface area contributed by atoms with Crippen molar-refractivity contribution in [2.24, 2.45) is 0 Å². The molecule has 11 heteroatoms. The first-order valence-electron chi connectivity index (χ1n) is 14.2. The number of hydrogen-bond acceptors (Lipinski definition) is 8. The number of amides is 1. The van der Waals surface area contributed by atoms with Gasteiger partial charge in [0, 0.05) is 48.4 Å². The molecule has 8 nitrogen and oxygen atoms in total. The van der Waals surface area contributed by atoms with Crippen molar-refractivity contribution >= 4 is 60.7 Å². The van der Waals surface area contributed by atoms with Crippen LogP contribution >= 0.6 is 22.9 Å². The van der Waals surface area contributed by atoms with Crippen LogP contribution < -0.4 is 10.1 Å². The van der Waals surface area contributed by atoms with E-state index in [9.17, 15) is 14.3 Å². The van der Waals surface area contributed by atoms with E-state index >= 15 is 0 Å². The third kappa shape index (κ3) is 6.57. The summed E-state index contributed by atoms with van der Waals surface area (Å²) in [5, 5.41) is 16.4. The third-order valence-electron chi connectivity index (χ3n) is 7.66. The maximum Gasteiger partial charge on any atom is 0.251 e. The number of thiophene rings is 1. The van der Waals surface area contributed by atoms with E-state index in [0.717, 1.165) is 51.2 Å². The number of piperazine rings is 1. The molecule has 1 atom stereocenters. The Labute approximate surface area is 257 Å². The smallest absolute Gasteiger partial charge is 0.251 e. The molecule has 1 saturated heterocycles. The molecule has 0 radical (unpaired) electrons. The molecule has 0 bridgehead atoms. The molecule has 1 aliphatic heterocycles. The van der Waals surface area contributed by atoms with Gasteiger partial charge in [-0.3, -0.25) is 4.79 Å². The van der Waals surface area contributed by atoms with Gasteiger partial charge >= 0.3 is 0 Å². The highest BCUT2D eigenvalue weighted by atomic mass is 35.5. The zero-order chi connectivity index (χ0) is 29.9.